The minimum absolute atomic E-state index is 0.0492. The van der Waals surface area contributed by atoms with Crippen molar-refractivity contribution in [1.29, 1.82) is 0 Å². The monoisotopic (exact) mass is 369 g/mol. The Morgan fingerprint density at radius 2 is 1.85 bits per heavy atom. The molecule has 2 aromatic carbocycles. The quantitative estimate of drug-likeness (QED) is 0.745. The summed E-state index contributed by atoms with van der Waals surface area (Å²) >= 11 is 0. The van der Waals surface area contributed by atoms with Crippen LogP contribution in [-0.4, -0.2) is 37.0 Å². The first kappa shape index (κ1) is 16.7. The van der Waals surface area contributed by atoms with Crippen LogP contribution in [0.3, 0.4) is 0 Å². The maximum atomic E-state index is 12.8. The molecular weight excluding hydrogens is 350 g/mol. The third-order valence-corrected chi connectivity index (χ3v) is 5.21. The lowest BCUT2D eigenvalue weighted by molar-refractivity contribution is 0.0735. The van der Waals surface area contributed by atoms with Crippen LogP contribution in [0.5, 0.6) is 0 Å². The van der Waals surface area contributed by atoms with Crippen molar-refractivity contribution in [3.63, 3.8) is 0 Å². The van der Waals surface area contributed by atoms with Gasteiger partial charge < -0.3 is 9.88 Å². The van der Waals surface area contributed by atoms with E-state index < -0.39 is 10.0 Å². The van der Waals surface area contributed by atoms with E-state index in [1.54, 1.807) is 24.3 Å². The summed E-state index contributed by atoms with van der Waals surface area (Å²) in [7, 11) is -3.33. The summed E-state index contributed by atoms with van der Waals surface area (Å²) in [5.74, 6) is -0.0492. The number of carbonyl (C=O) groups is 1. The SMILES string of the molecule is CS(=O)(=O)Nc1ccc(C(=O)N2CCc3[nH]c4ccccc4c3C2)cc1. The van der Waals surface area contributed by atoms with Gasteiger partial charge in [0.1, 0.15) is 0 Å². The molecule has 0 saturated heterocycles. The van der Waals surface area contributed by atoms with E-state index in [9.17, 15) is 13.2 Å². The fourth-order valence-electron chi connectivity index (χ4n) is 3.42. The molecule has 0 bridgehead atoms. The van der Waals surface area contributed by atoms with Crippen LogP contribution >= 0.6 is 0 Å². The second-order valence-electron chi connectivity index (χ2n) is 6.56. The number of aromatic nitrogens is 1. The highest BCUT2D eigenvalue weighted by molar-refractivity contribution is 7.92. The summed E-state index contributed by atoms with van der Waals surface area (Å²) < 4.78 is 25.0. The van der Waals surface area contributed by atoms with Gasteiger partial charge in [-0.1, -0.05) is 18.2 Å². The van der Waals surface area contributed by atoms with E-state index in [0.29, 0.717) is 24.3 Å². The van der Waals surface area contributed by atoms with Crippen LogP contribution in [0, 0.1) is 0 Å². The third kappa shape index (κ3) is 3.17. The summed E-state index contributed by atoms with van der Waals surface area (Å²) in [5.41, 5.74) is 4.47. The van der Waals surface area contributed by atoms with Gasteiger partial charge in [-0.15, -0.1) is 0 Å². The van der Waals surface area contributed by atoms with Crippen molar-refractivity contribution in [2.24, 2.45) is 0 Å². The highest BCUT2D eigenvalue weighted by atomic mass is 32.2. The Morgan fingerprint density at radius 3 is 2.58 bits per heavy atom. The zero-order valence-corrected chi connectivity index (χ0v) is 15.1. The Kier molecular flexibility index (Phi) is 3.96. The lowest BCUT2D eigenvalue weighted by atomic mass is 10.0. The summed E-state index contributed by atoms with van der Waals surface area (Å²) in [6, 6.07) is 14.6. The van der Waals surface area contributed by atoms with Crippen molar-refractivity contribution < 1.29 is 13.2 Å². The van der Waals surface area contributed by atoms with Gasteiger partial charge in [0, 0.05) is 52.9 Å². The Bertz CT molecular complexity index is 1080. The number of nitrogens with one attached hydrogen (secondary N) is 2. The number of anilines is 1. The number of para-hydroxylation sites is 1. The molecule has 1 aliphatic rings. The Balaban J connectivity index is 1.56. The largest absolute Gasteiger partial charge is 0.358 e. The number of aromatic amines is 1. The van der Waals surface area contributed by atoms with E-state index in [1.807, 2.05) is 23.1 Å². The third-order valence-electron chi connectivity index (χ3n) is 4.61. The van der Waals surface area contributed by atoms with Gasteiger partial charge in [0.15, 0.2) is 0 Å². The Hall–Kier alpha value is -2.80. The van der Waals surface area contributed by atoms with Gasteiger partial charge >= 0.3 is 0 Å². The van der Waals surface area contributed by atoms with Crippen LogP contribution in [0.4, 0.5) is 5.69 Å². The smallest absolute Gasteiger partial charge is 0.254 e. The van der Waals surface area contributed by atoms with Gasteiger partial charge in [-0.25, -0.2) is 8.42 Å². The van der Waals surface area contributed by atoms with Gasteiger partial charge in [0.2, 0.25) is 10.0 Å². The molecule has 0 saturated carbocycles. The molecule has 0 unspecified atom stereocenters. The van der Waals surface area contributed by atoms with Gasteiger partial charge in [0.05, 0.1) is 6.26 Å². The average molecular weight is 369 g/mol. The van der Waals surface area contributed by atoms with Crippen LogP contribution in [0.2, 0.25) is 0 Å². The average Bonchev–Trinajstić information content (AvgIpc) is 2.98. The van der Waals surface area contributed by atoms with Gasteiger partial charge in [-0.2, -0.15) is 0 Å². The summed E-state index contributed by atoms with van der Waals surface area (Å²) in [5, 5.41) is 1.16. The number of amides is 1. The zero-order valence-electron chi connectivity index (χ0n) is 14.3. The summed E-state index contributed by atoms with van der Waals surface area (Å²) in [6.45, 7) is 1.23. The van der Waals surface area contributed by atoms with E-state index in [0.717, 1.165) is 23.6 Å². The minimum Gasteiger partial charge on any atom is -0.358 e. The van der Waals surface area contributed by atoms with E-state index in [4.69, 9.17) is 0 Å². The summed E-state index contributed by atoms with van der Waals surface area (Å²) in [4.78, 5) is 18.1. The first-order valence-electron chi connectivity index (χ1n) is 8.36. The molecule has 134 valence electrons. The fraction of sp³-hybridized carbons (Fsp3) is 0.211. The first-order valence-corrected chi connectivity index (χ1v) is 10.3. The van der Waals surface area contributed by atoms with Crippen molar-refractivity contribution in [3.8, 4) is 0 Å². The number of fused-ring (bicyclic) bond motifs is 3. The highest BCUT2D eigenvalue weighted by Crippen LogP contribution is 2.28. The van der Waals surface area contributed by atoms with Gasteiger partial charge in [-0.05, 0) is 30.3 Å². The maximum absolute atomic E-state index is 12.8. The van der Waals surface area contributed by atoms with Crippen LogP contribution < -0.4 is 4.72 Å². The molecule has 2 heterocycles. The molecule has 0 fully saturated rings. The molecular formula is C19H19N3O3S. The fourth-order valence-corrected chi connectivity index (χ4v) is 3.98. The van der Waals surface area contributed by atoms with E-state index in [1.165, 1.54) is 11.3 Å². The van der Waals surface area contributed by atoms with E-state index >= 15 is 0 Å². The number of hydrogen-bond acceptors (Lipinski definition) is 3. The molecule has 6 nitrogen and oxygen atoms in total. The molecule has 0 radical (unpaired) electrons. The molecule has 0 spiro atoms. The van der Waals surface area contributed by atoms with Crippen molar-refractivity contribution in [2.45, 2.75) is 13.0 Å². The number of H-pyrrole nitrogens is 1. The minimum atomic E-state index is -3.33. The molecule has 0 atom stereocenters. The molecule has 2 N–H and O–H groups in total. The molecule has 26 heavy (non-hydrogen) atoms. The molecule has 4 rings (SSSR count). The zero-order chi connectivity index (χ0) is 18.3. The number of rotatable bonds is 3. The normalized spacial score (nSPS) is 14.3. The molecule has 1 aromatic heterocycles. The number of carbonyl (C=O) groups excluding carboxylic acids is 1. The standard InChI is InChI=1S/C19H19N3O3S/c1-26(24,25)21-14-8-6-13(7-9-14)19(23)22-11-10-18-16(12-22)15-4-2-3-5-17(15)20-18/h2-9,20-21H,10-12H2,1H3. The summed E-state index contributed by atoms with van der Waals surface area (Å²) in [6.07, 6.45) is 1.89. The number of nitrogens with zero attached hydrogens (tertiary/aromatic N) is 1. The molecule has 1 aliphatic heterocycles. The number of benzene rings is 2. The van der Waals surface area contributed by atoms with Crippen LogP contribution in [0.25, 0.3) is 10.9 Å². The first-order chi connectivity index (χ1) is 12.4. The molecule has 0 aliphatic carbocycles. The van der Waals surface area contributed by atoms with E-state index in [2.05, 4.69) is 15.8 Å². The van der Waals surface area contributed by atoms with Crippen molar-refractivity contribution in [2.75, 3.05) is 17.5 Å². The maximum Gasteiger partial charge on any atom is 0.254 e. The predicted molar refractivity (Wildman–Crippen MR) is 102 cm³/mol. The Morgan fingerprint density at radius 1 is 1.12 bits per heavy atom. The van der Waals surface area contributed by atoms with Crippen LogP contribution in [0.15, 0.2) is 48.5 Å². The van der Waals surface area contributed by atoms with Crippen LogP contribution in [-0.2, 0) is 23.0 Å². The van der Waals surface area contributed by atoms with Gasteiger partial charge in [0.25, 0.3) is 5.91 Å². The van der Waals surface area contributed by atoms with Crippen LogP contribution in [0.1, 0.15) is 21.6 Å². The molecule has 3 aromatic rings. The lowest BCUT2D eigenvalue weighted by Crippen LogP contribution is -2.35. The lowest BCUT2D eigenvalue weighted by Gasteiger charge is -2.27. The molecule has 7 heteroatoms. The molecule has 1 amide bonds. The van der Waals surface area contributed by atoms with Gasteiger partial charge in [-0.3, -0.25) is 9.52 Å². The highest BCUT2D eigenvalue weighted by Gasteiger charge is 2.24. The Labute approximate surface area is 151 Å². The number of sulfonamides is 1. The van der Waals surface area contributed by atoms with Crippen molar-refractivity contribution in [1.82, 2.24) is 9.88 Å². The van der Waals surface area contributed by atoms with Crippen molar-refractivity contribution >= 4 is 32.5 Å². The second kappa shape index (κ2) is 6.17. The predicted octanol–water partition coefficient (Wildman–Crippen LogP) is 2.74. The second-order valence-corrected chi connectivity index (χ2v) is 8.30. The number of hydrogen-bond donors (Lipinski definition) is 2. The topological polar surface area (TPSA) is 82.3 Å². The van der Waals surface area contributed by atoms with E-state index in [-0.39, 0.29) is 5.91 Å². The van der Waals surface area contributed by atoms with Crippen molar-refractivity contribution in [3.05, 3.63) is 65.4 Å².